The van der Waals surface area contributed by atoms with E-state index in [9.17, 15) is 4.79 Å². The van der Waals surface area contributed by atoms with Gasteiger partial charge in [-0.1, -0.05) is 23.9 Å². The van der Waals surface area contributed by atoms with Crippen LogP contribution in [0.4, 0.5) is 0 Å². The second kappa shape index (κ2) is 9.61. The van der Waals surface area contributed by atoms with Gasteiger partial charge < -0.3 is 14.2 Å². The molecule has 0 saturated heterocycles. The number of fused-ring (bicyclic) bond motifs is 1. The van der Waals surface area contributed by atoms with Crippen LogP contribution in [0.3, 0.4) is 0 Å². The third-order valence-electron chi connectivity index (χ3n) is 4.27. The van der Waals surface area contributed by atoms with Crippen LogP contribution in [-0.4, -0.2) is 42.7 Å². The molecule has 0 aliphatic carbocycles. The van der Waals surface area contributed by atoms with Crippen LogP contribution in [0.1, 0.15) is 13.0 Å². The van der Waals surface area contributed by atoms with E-state index in [1.165, 1.54) is 11.8 Å². The molecule has 0 bridgehead atoms. The Labute approximate surface area is 168 Å². The van der Waals surface area contributed by atoms with Gasteiger partial charge in [-0.2, -0.15) is 0 Å². The van der Waals surface area contributed by atoms with Gasteiger partial charge in [0, 0.05) is 12.9 Å². The van der Waals surface area contributed by atoms with Gasteiger partial charge in [0.1, 0.15) is 11.5 Å². The van der Waals surface area contributed by atoms with Crippen molar-refractivity contribution in [1.29, 1.82) is 0 Å². The van der Waals surface area contributed by atoms with E-state index in [2.05, 4.69) is 0 Å². The van der Waals surface area contributed by atoms with E-state index < -0.39 is 0 Å². The topological polar surface area (TPSA) is 62.6 Å². The number of hydrogen-bond donors (Lipinski definition) is 0. The summed E-state index contributed by atoms with van der Waals surface area (Å²) < 4.78 is 17.9. The first-order chi connectivity index (χ1) is 13.6. The van der Waals surface area contributed by atoms with Crippen molar-refractivity contribution in [2.45, 2.75) is 18.1 Å². The Balaban J connectivity index is 1.75. The molecule has 0 aliphatic heterocycles. The number of benzene rings is 2. The summed E-state index contributed by atoms with van der Waals surface area (Å²) in [5.41, 5.74) is 0.653. The molecule has 0 saturated carbocycles. The molecule has 0 amide bonds. The molecule has 3 aromatic rings. The zero-order valence-electron chi connectivity index (χ0n) is 16.3. The molecule has 6 nitrogen and oxygen atoms in total. The number of ether oxygens (including phenoxy) is 3. The summed E-state index contributed by atoms with van der Waals surface area (Å²) in [7, 11) is 3.26. The Bertz CT molecular complexity index is 972. The maximum Gasteiger partial charge on any atom is 0.262 e. The monoisotopic (exact) mass is 400 g/mol. The van der Waals surface area contributed by atoms with E-state index in [1.807, 2.05) is 55.5 Å². The third kappa shape index (κ3) is 4.66. The smallest absolute Gasteiger partial charge is 0.262 e. The van der Waals surface area contributed by atoms with Crippen molar-refractivity contribution in [3.05, 3.63) is 58.9 Å². The van der Waals surface area contributed by atoms with Gasteiger partial charge in [-0.25, -0.2) is 4.98 Å². The van der Waals surface area contributed by atoms with Gasteiger partial charge >= 0.3 is 0 Å². The minimum Gasteiger partial charge on any atom is -0.497 e. The maximum absolute atomic E-state index is 13.0. The molecular formula is C21H24N2O4S. The average molecular weight is 401 g/mol. The molecule has 3 rings (SSSR count). The maximum atomic E-state index is 13.0. The van der Waals surface area contributed by atoms with E-state index in [0.29, 0.717) is 35.0 Å². The van der Waals surface area contributed by atoms with Gasteiger partial charge in [-0.15, -0.1) is 0 Å². The summed E-state index contributed by atoms with van der Waals surface area (Å²) >= 11 is 1.50. The zero-order chi connectivity index (χ0) is 19.9. The number of para-hydroxylation sites is 1. The zero-order valence-corrected chi connectivity index (χ0v) is 17.1. The fraction of sp³-hybridized carbons (Fsp3) is 0.333. The van der Waals surface area contributed by atoms with Crippen molar-refractivity contribution in [2.75, 3.05) is 33.2 Å². The Morgan fingerprint density at radius 3 is 2.50 bits per heavy atom. The van der Waals surface area contributed by atoms with Crippen molar-refractivity contribution in [2.24, 2.45) is 0 Å². The molecule has 0 unspecified atom stereocenters. The van der Waals surface area contributed by atoms with Crippen molar-refractivity contribution in [3.63, 3.8) is 0 Å². The molecule has 148 valence electrons. The molecule has 28 heavy (non-hydrogen) atoms. The first kappa shape index (κ1) is 20.2. The Kier molecular flexibility index (Phi) is 6.95. The molecule has 1 heterocycles. The second-order valence-corrected chi connectivity index (χ2v) is 7.33. The van der Waals surface area contributed by atoms with Crippen LogP contribution in [0.2, 0.25) is 0 Å². The summed E-state index contributed by atoms with van der Waals surface area (Å²) in [4.78, 5) is 17.7. The summed E-state index contributed by atoms with van der Waals surface area (Å²) in [5, 5.41) is 1.29. The lowest BCUT2D eigenvalue weighted by Gasteiger charge is -2.19. The van der Waals surface area contributed by atoms with Crippen molar-refractivity contribution in [3.8, 4) is 11.5 Å². The predicted octanol–water partition coefficient (Wildman–Crippen LogP) is 3.78. The molecule has 0 aliphatic rings. The lowest BCUT2D eigenvalue weighted by molar-refractivity contribution is 0.156. The largest absolute Gasteiger partial charge is 0.497 e. The van der Waals surface area contributed by atoms with Gasteiger partial charge in [0.05, 0.1) is 37.3 Å². The standard InChI is InChI=1S/C21H24N2O4S/c1-15(14-25-2)23-20(24)18-6-4-5-7-19(18)22-21(23)28-13-12-27-17-10-8-16(26-3)9-11-17/h4-11,15H,12-14H2,1-3H3/t15-/m0/s1. The van der Waals surface area contributed by atoms with Gasteiger partial charge in [0.25, 0.3) is 5.56 Å². The highest BCUT2D eigenvalue weighted by Crippen LogP contribution is 2.22. The predicted molar refractivity (Wildman–Crippen MR) is 112 cm³/mol. The van der Waals surface area contributed by atoms with Crippen LogP contribution < -0.4 is 15.0 Å². The molecule has 0 spiro atoms. The van der Waals surface area contributed by atoms with Crippen molar-refractivity contribution in [1.82, 2.24) is 9.55 Å². The number of thioether (sulfide) groups is 1. The SMILES string of the molecule is COC[C@H](C)n1c(SCCOc2ccc(OC)cc2)nc2ccccc2c1=O. The van der Waals surface area contributed by atoms with Crippen molar-refractivity contribution >= 4 is 22.7 Å². The number of methoxy groups -OCH3 is 2. The summed E-state index contributed by atoms with van der Waals surface area (Å²) in [6.07, 6.45) is 0. The van der Waals surface area contributed by atoms with E-state index in [-0.39, 0.29) is 11.6 Å². The summed E-state index contributed by atoms with van der Waals surface area (Å²) in [6.45, 7) is 2.90. The molecule has 1 atom stereocenters. The molecule has 1 aromatic heterocycles. The highest BCUT2D eigenvalue weighted by Gasteiger charge is 2.16. The number of aromatic nitrogens is 2. The molecule has 7 heteroatoms. The number of nitrogens with zero attached hydrogens (tertiary/aromatic N) is 2. The van der Waals surface area contributed by atoms with Gasteiger partial charge in [0.15, 0.2) is 5.16 Å². The molecule has 0 radical (unpaired) electrons. The van der Waals surface area contributed by atoms with Crippen LogP contribution >= 0.6 is 11.8 Å². The molecule has 0 N–H and O–H groups in total. The molecule has 0 fully saturated rings. The van der Waals surface area contributed by atoms with E-state index in [4.69, 9.17) is 19.2 Å². The normalized spacial score (nSPS) is 12.1. The van der Waals surface area contributed by atoms with Gasteiger partial charge in [-0.3, -0.25) is 9.36 Å². The molecule has 2 aromatic carbocycles. The van der Waals surface area contributed by atoms with Crippen LogP contribution in [-0.2, 0) is 4.74 Å². The lowest BCUT2D eigenvalue weighted by Crippen LogP contribution is -2.28. The number of hydrogen-bond acceptors (Lipinski definition) is 6. The average Bonchev–Trinajstić information content (AvgIpc) is 2.72. The lowest BCUT2D eigenvalue weighted by atomic mass is 10.2. The Morgan fingerprint density at radius 2 is 1.79 bits per heavy atom. The van der Waals surface area contributed by atoms with E-state index >= 15 is 0 Å². The van der Waals surface area contributed by atoms with E-state index in [1.54, 1.807) is 18.8 Å². The van der Waals surface area contributed by atoms with Gasteiger partial charge in [0.2, 0.25) is 0 Å². The Morgan fingerprint density at radius 1 is 1.07 bits per heavy atom. The fourth-order valence-electron chi connectivity index (χ4n) is 2.90. The quantitative estimate of drug-likeness (QED) is 0.309. The first-order valence-corrected chi connectivity index (χ1v) is 10.0. The summed E-state index contributed by atoms with van der Waals surface area (Å²) in [5.74, 6) is 2.23. The van der Waals surface area contributed by atoms with Gasteiger partial charge in [-0.05, 0) is 43.3 Å². The summed E-state index contributed by atoms with van der Waals surface area (Å²) in [6, 6.07) is 14.8. The third-order valence-corrected chi connectivity index (χ3v) is 5.18. The van der Waals surface area contributed by atoms with E-state index in [0.717, 1.165) is 11.5 Å². The number of rotatable bonds is 9. The van der Waals surface area contributed by atoms with Crippen LogP contribution in [0.5, 0.6) is 11.5 Å². The minimum absolute atomic E-state index is 0.0475. The van der Waals surface area contributed by atoms with Crippen LogP contribution in [0.25, 0.3) is 10.9 Å². The highest BCUT2D eigenvalue weighted by molar-refractivity contribution is 7.99. The Hall–Kier alpha value is -2.51. The fourth-order valence-corrected chi connectivity index (χ4v) is 3.81. The van der Waals surface area contributed by atoms with Crippen molar-refractivity contribution < 1.29 is 14.2 Å². The van der Waals surface area contributed by atoms with Crippen LogP contribution in [0, 0.1) is 0 Å². The minimum atomic E-state index is -0.111. The first-order valence-electron chi connectivity index (χ1n) is 9.04. The second-order valence-electron chi connectivity index (χ2n) is 6.26. The van der Waals surface area contributed by atoms with Crippen LogP contribution in [0.15, 0.2) is 58.5 Å². The highest BCUT2D eigenvalue weighted by atomic mass is 32.2. The molecular weight excluding hydrogens is 376 g/mol.